The van der Waals surface area contributed by atoms with Crippen LogP contribution in [0.5, 0.6) is 0 Å². The Labute approximate surface area is 131 Å². The molecule has 0 aliphatic carbocycles. The topological polar surface area (TPSA) is 23.6 Å². The average Bonchev–Trinajstić information content (AvgIpc) is 2.77. The second-order valence-electron chi connectivity index (χ2n) is 5.88. The van der Waals surface area contributed by atoms with E-state index in [4.69, 9.17) is 0 Å². The van der Waals surface area contributed by atoms with Gasteiger partial charge in [-0.3, -0.25) is 9.69 Å². The van der Waals surface area contributed by atoms with Gasteiger partial charge in [-0.25, -0.2) is 0 Å². The fraction of sp³-hybridized carbons (Fsp3) is 0.211. The molecule has 0 bridgehead atoms. The number of hydrogen-bond donors (Lipinski definition) is 0. The number of rotatable bonds is 3. The average molecular weight is 292 g/mol. The molecule has 1 aliphatic rings. The van der Waals surface area contributed by atoms with Gasteiger partial charge in [-0.2, -0.15) is 0 Å². The summed E-state index contributed by atoms with van der Waals surface area (Å²) in [5, 5.41) is 0. The van der Waals surface area contributed by atoms with E-state index in [2.05, 4.69) is 4.90 Å². The molecular formula is C19H20N2O. The van der Waals surface area contributed by atoms with Gasteiger partial charge >= 0.3 is 0 Å². The summed E-state index contributed by atoms with van der Waals surface area (Å²) < 4.78 is 0. The highest BCUT2D eigenvalue weighted by molar-refractivity contribution is 6.35. The molecule has 0 radical (unpaired) electrons. The van der Waals surface area contributed by atoms with Crippen LogP contribution in [0.2, 0.25) is 0 Å². The van der Waals surface area contributed by atoms with E-state index in [9.17, 15) is 4.79 Å². The Kier molecular flexibility index (Phi) is 3.82. The van der Waals surface area contributed by atoms with Crippen LogP contribution in [-0.2, 0) is 4.79 Å². The van der Waals surface area contributed by atoms with Crippen LogP contribution in [0, 0.1) is 6.92 Å². The Morgan fingerprint density at radius 1 is 1.09 bits per heavy atom. The van der Waals surface area contributed by atoms with Crippen LogP contribution in [0.15, 0.2) is 54.6 Å². The summed E-state index contributed by atoms with van der Waals surface area (Å²) in [6, 6.07) is 16.0. The zero-order chi connectivity index (χ0) is 15.7. The van der Waals surface area contributed by atoms with Crippen molar-refractivity contribution in [3.8, 4) is 0 Å². The molecule has 0 aromatic heterocycles. The second-order valence-corrected chi connectivity index (χ2v) is 5.88. The third-order valence-corrected chi connectivity index (χ3v) is 3.79. The van der Waals surface area contributed by atoms with Crippen LogP contribution in [0.3, 0.4) is 0 Å². The molecule has 0 fully saturated rings. The largest absolute Gasteiger partial charge is 0.306 e. The lowest BCUT2D eigenvalue weighted by Crippen LogP contribution is -2.21. The lowest BCUT2D eigenvalue weighted by atomic mass is 10.1. The molecule has 0 unspecified atom stereocenters. The zero-order valence-electron chi connectivity index (χ0n) is 13.2. The van der Waals surface area contributed by atoms with Gasteiger partial charge in [-0.15, -0.1) is 0 Å². The zero-order valence-corrected chi connectivity index (χ0v) is 13.2. The van der Waals surface area contributed by atoms with E-state index in [0.717, 1.165) is 34.6 Å². The van der Waals surface area contributed by atoms with Crippen LogP contribution in [-0.4, -0.2) is 31.4 Å². The molecule has 0 saturated carbocycles. The molecule has 3 heteroatoms. The van der Waals surface area contributed by atoms with E-state index in [1.165, 1.54) is 0 Å². The number of amides is 1. The van der Waals surface area contributed by atoms with Gasteiger partial charge < -0.3 is 4.90 Å². The molecule has 22 heavy (non-hydrogen) atoms. The van der Waals surface area contributed by atoms with Crippen molar-refractivity contribution in [2.24, 2.45) is 0 Å². The highest BCUT2D eigenvalue weighted by Gasteiger charge is 2.32. The first-order valence-electron chi connectivity index (χ1n) is 7.43. The van der Waals surface area contributed by atoms with Gasteiger partial charge in [0.25, 0.3) is 5.91 Å². The molecule has 1 heterocycles. The molecule has 3 rings (SSSR count). The van der Waals surface area contributed by atoms with E-state index >= 15 is 0 Å². The molecular weight excluding hydrogens is 272 g/mol. The predicted octanol–water partition coefficient (Wildman–Crippen LogP) is 3.62. The van der Waals surface area contributed by atoms with Gasteiger partial charge in [0.15, 0.2) is 0 Å². The molecule has 0 spiro atoms. The van der Waals surface area contributed by atoms with Crippen molar-refractivity contribution in [2.75, 3.05) is 25.5 Å². The van der Waals surface area contributed by atoms with Crippen molar-refractivity contribution < 1.29 is 4.79 Å². The van der Waals surface area contributed by atoms with Crippen LogP contribution < -0.4 is 4.90 Å². The molecule has 0 N–H and O–H groups in total. The van der Waals surface area contributed by atoms with Crippen molar-refractivity contribution in [3.63, 3.8) is 0 Å². The summed E-state index contributed by atoms with van der Waals surface area (Å²) in [6.07, 6.45) is 2.01. The first-order valence-corrected chi connectivity index (χ1v) is 7.43. The van der Waals surface area contributed by atoms with E-state index in [1.807, 2.05) is 80.5 Å². The van der Waals surface area contributed by atoms with Gasteiger partial charge in [0.05, 0.1) is 5.69 Å². The van der Waals surface area contributed by atoms with Crippen molar-refractivity contribution in [2.45, 2.75) is 6.92 Å². The Hall–Kier alpha value is -2.39. The molecule has 1 aliphatic heterocycles. The summed E-state index contributed by atoms with van der Waals surface area (Å²) >= 11 is 0. The fourth-order valence-electron chi connectivity index (χ4n) is 2.74. The van der Waals surface area contributed by atoms with Gasteiger partial charge in [0.2, 0.25) is 0 Å². The summed E-state index contributed by atoms with van der Waals surface area (Å²) in [5.41, 5.74) is 4.82. The molecule has 1 amide bonds. The summed E-state index contributed by atoms with van der Waals surface area (Å²) in [6.45, 7) is 2.79. The van der Waals surface area contributed by atoms with Crippen LogP contribution in [0.25, 0.3) is 5.57 Å². The first-order chi connectivity index (χ1) is 10.6. The summed E-state index contributed by atoms with van der Waals surface area (Å²) in [4.78, 5) is 16.8. The number of para-hydroxylation sites is 1. The molecule has 0 atom stereocenters. The standard InChI is InChI=1S/C19H20N2O/c1-14-7-6-8-15(13-14)21-18-10-5-4-9-16(18)17(19(21)22)11-12-20(2)3/h4-11,13H,12H2,1-3H3. The van der Waals surface area contributed by atoms with Crippen molar-refractivity contribution in [1.82, 2.24) is 4.90 Å². The molecule has 0 saturated heterocycles. The van der Waals surface area contributed by atoms with Gasteiger partial charge in [0, 0.05) is 23.4 Å². The van der Waals surface area contributed by atoms with E-state index < -0.39 is 0 Å². The minimum Gasteiger partial charge on any atom is -0.306 e. The van der Waals surface area contributed by atoms with Crippen LogP contribution >= 0.6 is 0 Å². The third kappa shape index (κ3) is 2.55. The summed E-state index contributed by atoms with van der Waals surface area (Å²) in [5.74, 6) is 0.0497. The highest BCUT2D eigenvalue weighted by atomic mass is 16.2. The minimum atomic E-state index is 0.0497. The molecule has 2 aromatic rings. The highest BCUT2D eigenvalue weighted by Crippen LogP contribution is 2.41. The maximum Gasteiger partial charge on any atom is 0.263 e. The van der Waals surface area contributed by atoms with E-state index in [-0.39, 0.29) is 5.91 Å². The number of nitrogens with zero attached hydrogens (tertiary/aromatic N) is 2. The Balaban J connectivity index is 2.10. The monoisotopic (exact) mass is 292 g/mol. The second kappa shape index (κ2) is 5.78. The van der Waals surface area contributed by atoms with Crippen molar-refractivity contribution in [1.29, 1.82) is 0 Å². The van der Waals surface area contributed by atoms with Gasteiger partial charge in [-0.1, -0.05) is 36.4 Å². The van der Waals surface area contributed by atoms with Gasteiger partial charge in [0.1, 0.15) is 0 Å². The lowest BCUT2D eigenvalue weighted by molar-refractivity contribution is -0.112. The smallest absolute Gasteiger partial charge is 0.263 e. The Morgan fingerprint density at radius 2 is 1.86 bits per heavy atom. The number of aryl methyl sites for hydroxylation is 1. The quantitative estimate of drug-likeness (QED) is 0.807. The van der Waals surface area contributed by atoms with E-state index in [0.29, 0.717) is 0 Å². The fourth-order valence-corrected chi connectivity index (χ4v) is 2.74. The SMILES string of the molecule is Cc1cccc(N2C(=O)C(=CCN(C)C)c3ccccc32)c1. The number of carbonyl (C=O) groups excluding carboxylic acids is 1. The predicted molar refractivity (Wildman–Crippen MR) is 91.3 cm³/mol. The number of benzene rings is 2. The number of anilines is 2. The van der Waals surface area contributed by atoms with Crippen LogP contribution in [0.1, 0.15) is 11.1 Å². The minimum absolute atomic E-state index is 0.0497. The first kappa shape index (κ1) is 14.5. The number of hydrogen-bond acceptors (Lipinski definition) is 2. The number of likely N-dealkylation sites (N-methyl/N-ethyl adjacent to an activating group) is 1. The Morgan fingerprint density at radius 3 is 2.59 bits per heavy atom. The normalized spacial score (nSPS) is 15.7. The lowest BCUT2D eigenvalue weighted by Gasteiger charge is -2.17. The molecule has 112 valence electrons. The maximum absolute atomic E-state index is 12.9. The number of fused-ring (bicyclic) bond motifs is 1. The molecule has 3 nitrogen and oxygen atoms in total. The van der Waals surface area contributed by atoms with Crippen molar-refractivity contribution >= 4 is 22.9 Å². The summed E-state index contributed by atoms with van der Waals surface area (Å²) in [7, 11) is 4.00. The van der Waals surface area contributed by atoms with E-state index in [1.54, 1.807) is 0 Å². The van der Waals surface area contributed by atoms with Crippen molar-refractivity contribution in [3.05, 3.63) is 65.7 Å². The van der Waals surface area contributed by atoms with Crippen LogP contribution in [0.4, 0.5) is 11.4 Å². The maximum atomic E-state index is 12.9. The van der Waals surface area contributed by atoms with Gasteiger partial charge in [-0.05, 0) is 44.8 Å². The Bertz CT molecular complexity index is 747. The molecule has 2 aromatic carbocycles. The number of carbonyl (C=O) groups is 1. The third-order valence-electron chi connectivity index (χ3n) is 3.79.